The first-order valence-electron chi connectivity index (χ1n) is 11.4. The SMILES string of the molecule is CC(=O)NC1(c2noc(CCC(=O)NCc3ccnc(-n4cccn4)c3)n2)CCCCCC1. The van der Waals surface area contributed by atoms with E-state index >= 15 is 0 Å². The molecule has 4 rings (SSSR count). The lowest BCUT2D eigenvalue weighted by Crippen LogP contribution is -2.45. The summed E-state index contributed by atoms with van der Waals surface area (Å²) in [7, 11) is 0. The fourth-order valence-electron chi connectivity index (χ4n) is 4.23. The van der Waals surface area contributed by atoms with Crippen LogP contribution in [-0.2, 0) is 28.1 Å². The summed E-state index contributed by atoms with van der Waals surface area (Å²) in [4.78, 5) is 33.0. The average molecular weight is 452 g/mol. The van der Waals surface area contributed by atoms with E-state index in [1.54, 1.807) is 17.1 Å². The van der Waals surface area contributed by atoms with Gasteiger partial charge in [-0.15, -0.1) is 0 Å². The van der Waals surface area contributed by atoms with Gasteiger partial charge in [-0.1, -0.05) is 30.8 Å². The molecule has 10 nitrogen and oxygen atoms in total. The van der Waals surface area contributed by atoms with E-state index in [9.17, 15) is 9.59 Å². The summed E-state index contributed by atoms with van der Waals surface area (Å²) in [5.41, 5.74) is 0.342. The molecule has 0 spiro atoms. The second kappa shape index (κ2) is 10.4. The van der Waals surface area contributed by atoms with Gasteiger partial charge in [-0.25, -0.2) is 9.67 Å². The summed E-state index contributed by atoms with van der Waals surface area (Å²) in [5, 5.41) is 14.3. The van der Waals surface area contributed by atoms with Crippen LogP contribution in [0.5, 0.6) is 0 Å². The van der Waals surface area contributed by atoms with Gasteiger partial charge in [0.15, 0.2) is 11.6 Å². The third-order valence-corrected chi connectivity index (χ3v) is 5.87. The van der Waals surface area contributed by atoms with Crippen LogP contribution in [0.2, 0.25) is 0 Å². The van der Waals surface area contributed by atoms with Gasteiger partial charge in [0.05, 0.1) is 0 Å². The minimum atomic E-state index is -0.583. The molecular weight excluding hydrogens is 422 g/mol. The smallest absolute Gasteiger partial charge is 0.227 e. The Kier molecular flexibility index (Phi) is 7.11. The van der Waals surface area contributed by atoms with Gasteiger partial charge in [0, 0.05) is 44.9 Å². The summed E-state index contributed by atoms with van der Waals surface area (Å²) in [6, 6.07) is 5.56. The van der Waals surface area contributed by atoms with Crippen molar-refractivity contribution in [1.82, 2.24) is 35.5 Å². The Morgan fingerprint density at radius 2 is 2.00 bits per heavy atom. The van der Waals surface area contributed by atoms with Crippen LogP contribution >= 0.6 is 0 Å². The number of nitrogens with zero attached hydrogens (tertiary/aromatic N) is 5. The molecule has 0 saturated heterocycles. The monoisotopic (exact) mass is 451 g/mol. The van der Waals surface area contributed by atoms with Gasteiger partial charge in [-0.2, -0.15) is 10.1 Å². The Hall–Kier alpha value is -3.56. The van der Waals surface area contributed by atoms with Gasteiger partial charge in [0.2, 0.25) is 17.7 Å². The molecule has 3 aromatic heterocycles. The Bertz CT molecular complexity index is 1070. The third kappa shape index (κ3) is 5.82. The zero-order chi connectivity index (χ0) is 23.1. The predicted octanol–water partition coefficient (Wildman–Crippen LogP) is 2.58. The minimum absolute atomic E-state index is 0.102. The Morgan fingerprint density at radius 3 is 2.73 bits per heavy atom. The number of aromatic nitrogens is 5. The average Bonchev–Trinajstić information content (AvgIpc) is 3.46. The Balaban J connectivity index is 1.32. The van der Waals surface area contributed by atoms with Crippen LogP contribution in [0.1, 0.15) is 69.1 Å². The van der Waals surface area contributed by atoms with Crippen molar-refractivity contribution in [2.24, 2.45) is 0 Å². The van der Waals surface area contributed by atoms with Gasteiger partial charge in [-0.3, -0.25) is 9.59 Å². The topological polar surface area (TPSA) is 128 Å². The molecular formula is C23H29N7O3. The molecule has 1 aliphatic carbocycles. The summed E-state index contributed by atoms with van der Waals surface area (Å²) < 4.78 is 7.09. The highest BCUT2D eigenvalue weighted by molar-refractivity contribution is 5.76. The summed E-state index contributed by atoms with van der Waals surface area (Å²) >= 11 is 0. The van der Waals surface area contributed by atoms with Crippen molar-refractivity contribution in [3.8, 4) is 5.82 Å². The van der Waals surface area contributed by atoms with Crippen molar-refractivity contribution in [2.45, 2.75) is 70.4 Å². The number of aryl methyl sites for hydroxylation is 1. The molecule has 0 unspecified atom stereocenters. The van der Waals surface area contributed by atoms with Crippen molar-refractivity contribution < 1.29 is 14.1 Å². The van der Waals surface area contributed by atoms with E-state index in [1.165, 1.54) is 6.92 Å². The summed E-state index contributed by atoms with van der Waals surface area (Å²) in [6.45, 7) is 1.90. The summed E-state index contributed by atoms with van der Waals surface area (Å²) in [6.07, 6.45) is 11.6. The molecule has 3 aromatic rings. The molecule has 2 amide bonds. The van der Waals surface area contributed by atoms with E-state index < -0.39 is 5.54 Å². The normalized spacial score (nSPS) is 15.5. The minimum Gasteiger partial charge on any atom is -0.352 e. The van der Waals surface area contributed by atoms with E-state index in [1.807, 2.05) is 24.4 Å². The fourth-order valence-corrected chi connectivity index (χ4v) is 4.23. The number of hydrogen-bond acceptors (Lipinski definition) is 7. The van der Waals surface area contributed by atoms with Crippen molar-refractivity contribution in [2.75, 3.05) is 0 Å². The molecule has 2 N–H and O–H groups in total. The molecule has 0 aromatic carbocycles. The van der Waals surface area contributed by atoms with Crippen molar-refractivity contribution >= 4 is 11.8 Å². The summed E-state index contributed by atoms with van der Waals surface area (Å²) in [5.74, 6) is 1.39. The number of pyridine rings is 1. The van der Waals surface area contributed by atoms with Gasteiger partial charge < -0.3 is 15.2 Å². The van der Waals surface area contributed by atoms with Gasteiger partial charge in [-0.05, 0) is 36.6 Å². The van der Waals surface area contributed by atoms with E-state index in [-0.39, 0.29) is 18.2 Å². The molecule has 0 aliphatic heterocycles. The maximum atomic E-state index is 12.4. The molecule has 1 saturated carbocycles. The number of carbonyl (C=O) groups excluding carboxylic acids is 2. The van der Waals surface area contributed by atoms with Crippen LogP contribution in [0, 0.1) is 0 Å². The third-order valence-electron chi connectivity index (χ3n) is 5.87. The van der Waals surface area contributed by atoms with Gasteiger partial charge >= 0.3 is 0 Å². The van der Waals surface area contributed by atoms with Gasteiger partial charge in [0.25, 0.3) is 0 Å². The van der Waals surface area contributed by atoms with Crippen molar-refractivity contribution in [3.63, 3.8) is 0 Å². The molecule has 3 heterocycles. The molecule has 1 fully saturated rings. The lowest BCUT2D eigenvalue weighted by Gasteiger charge is -2.30. The number of nitrogens with one attached hydrogen (secondary N) is 2. The zero-order valence-electron chi connectivity index (χ0n) is 18.8. The van der Waals surface area contributed by atoms with E-state index in [0.717, 1.165) is 44.1 Å². The first kappa shape index (κ1) is 22.6. The molecule has 0 radical (unpaired) electrons. The molecule has 33 heavy (non-hydrogen) atoms. The highest BCUT2D eigenvalue weighted by atomic mass is 16.5. The Labute approximate surface area is 192 Å². The van der Waals surface area contributed by atoms with E-state index in [4.69, 9.17) is 4.52 Å². The number of amides is 2. The quantitative estimate of drug-likeness (QED) is 0.504. The zero-order valence-corrected chi connectivity index (χ0v) is 18.8. The van der Waals surface area contributed by atoms with Crippen LogP contribution in [0.15, 0.2) is 41.3 Å². The van der Waals surface area contributed by atoms with Crippen LogP contribution in [0.3, 0.4) is 0 Å². The lowest BCUT2D eigenvalue weighted by molar-refractivity contribution is -0.122. The van der Waals surface area contributed by atoms with Crippen LogP contribution < -0.4 is 10.6 Å². The lowest BCUT2D eigenvalue weighted by atomic mass is 9.89. The van der Waals surface area contributed by atoms with Crippen molar-refractivity contribution in [1.29, 1.82) is 0 Å². The fraction of sp³-hybridized carbons (Fsp3) is 0.478. The number of carbonyl (C=O) groups is 2. The molecule has 174 valence electrons. The maximum Gasteiger partial charge on any atom is 0.227 e. The molecule has 0 bridgehead atoms. The maximum absolute atomic E-state index is 12.4. The Morgan fingerprint density at radius 1 is 1.18 bits per heavy atom. The second-order valence-electron chi connectivity index (χ2n) is 8.44. The number of rotatable bonds is 8. The first-order chi connectivity index (χ1) is 16.0. The standard InChI is InChI=1S/C23H29N7O3/c1-17(31)28-23(10-4-2-3-5-11-23)22-27-21(33-29-22)8-7-20(32)25-16-18-9-13-24-19(15-18)30-14-6-12-26-30/h6,9,12-15H,2-5,7-8,10-11,16H2,1H3,(H,25,32)(H,28,31). The van der Waals surface area contributed by atoms with Crippen LogP contribution in [-0.4, -0.2) is 36.7 Å². The first-order valence-corrected chi connectivity index (χ1v) is 11.4. The van der Waals surface area contributed by atoms with Gasteiger partial charge in [0.1, 0.15) is 5.54 Å². The molecule has 10 heteroatoms. The van der Waals surface area contributed by atoms with Crippen LogP contribution in [0.4, 0.5) is 0 Å². The second-order valence-corrected chi connectivity index (χ2v) is 8.44. The predicted molar refractivity (Wildman–Crippen MR) is 119 cm³/mol. The highest BCUT2D eigenvalue weighted by Crippen LogP contribution is 2.34. The van der Waals surface area contributed by atoms with E-state index in [2.05, 4.69) is 30.9 Å². The van der Waals surface area contributed by atoms with E-state index in [0.29, 0.717) is 30.5 Å². The molecule has 0 atom stereocenters. The number of hydrogen-bond donors (Lipinski definition) is 2. The van der Waals surface area contributed by atoms with Crippen molar-refractivity contribution in [3.05, 3.63) is 54.1 Å². The largest absolute Gasteiger partial charge is 0.352 e. The molecule has 1 aliphatic rings. The highest BCUT2D eigenvalue weighted by Gasteiger charge is 2.38. The van der Waals surface area contributed by atoms with Crippen LogP contribution in [0.25, 0.3) is 5.82 Å².